The van der Waals surface area contributed by atoms with Crippen molar-refractivity contribution in [2.75, 3.05) is 20.8 Å². The van der Waals surface area contributed by atoms with Crippen molar-refractivity contribution in [2.45, 2.75) is 19.3 Å². The van der Waals surface area contributed by atoms with Crippen molar-refractivity contribution in [3.63, 3.8) is 0 Å². The summed E-state index contributed by atoms with van der Waals surface area (Å²) in [7, 11) is 3.26. The highest BCUT2D eigenvalue weighted by atomic mass is 16.5. The predicted molar refractivity (Wildman–Crippen MR) is 69.3 cm³/mol. The molecule has 0 bridgehead atoms. The van der Waals surface area contributed by atoms with E-state index in [1.165, 1.54) is 0 Å². The maximum Gasteiger partial charge on any atom is 0.123 e. The normalized spacial score (nSPS) is 9.35. The van der Waals surface area contributed by atoms with Gasteiger partial charge in [0.1, 0.15) is 11.5 Å². The summed E-state index contributed by atoms with van der Waals surface area (Å²) < 4.78 is 10.4. The van der Waals surface area contributed by atoms with E-state index in [1.54, 1.807) is 14.2 Å². The molecule has 0 spiro atoms. The fourth-order valence-electron chi connectivity index (χ4n) is 1.40. The minimum Gasteiger partial charge on any atom is -0.497 e. The van der Waals surface area contributed by atoms with Crippen LogP contribution in [0, 0.1) is 11.8 Å². The highest BCUT2D eigenvalue weighted by Crippen LogP contribution is 2.21. The number of nitrogens with two attached hydrogens (primary N) is 1. The molecule has 0 amide bonds. The van der Waals surface area contributed by atoms with Crippen LogP contribution in [0.3, 0.4) is 0 Å². The summed E-state index contributed by atoms with van der Waals surface area (Å²) in [4.78, 5) is 0. The van der Waals surface area contributed by atoms with Crippen LogP contribution in [0.5, 0.6) is 11.5 Å². The van der Waals surface area contributed by atoms with Crippen LogP contribution in [0.15, 0.2) is 18.2 Å². The molecular weight excluding hydrogens is 214 g/mol. The van der Waals surface area contributed by atoms with E-state index >= 15 is 0 Å². The Bertz CT molecular complexity index is 382. The monoisotopic (exact) mass is 233 g/mol. The molecule has 0 radical (unpaired) electrons. The molecule has 0 aromatic heterocycles. The topological polar surface area (TPSA) is 44.5 Å². The van der Waals surface area contributed by atoms with Gasteiger partial charge in [0, 0.05) is 18.1 Å². The molecule has 17 heavy (non-hydrogen) atoms. The molecule has 1 aromatic carbocycles. The van der Waals surface area contributed by atoms with Crippen molar-refractivity contribution < 1.29 is 9.47 Å². The minimum absolute atomic E-state index is 0.731. The van der Waals surface area contributed by atoms with E-state index < -0.39 is 0 Å². The van der Waals surface area contributed by atoms with Crippen molar-refractivity contribution in [3.8, 4) is 23.3 Å². The molecule has 1 aromatic rings. The third kappa shape index (κ3) is 4.80. The lowest BCUT2D eigenvalue weighted by Gasteiger charge is -2.04. The molecule has 0 aliphatic heterocycles. The average Bonchev–Trinajstić information content (AvgIpc) is 2.38. The van der Waals surface area contributed by atoms with Gasteiger partial charge in [0.15, 0.2) is 0 Å². The van der Waals surface area contributed by atoms with E-state index in [-0.39, 0.29) is 0 Å². The molecule has 3 nitrogen and oxygen atoms in total. The second-order valence-corrected chi connectivity index (χ2v) is 3.65. The summed E-state index contributed by atoms with van der Waals surface area (Å²) in [5.74, 6) is 7.74. The average molecular weight is 233 g/mol. The fourth-order valence-corrected chi connectivity index (χ4v) is 1.40. The number of hydrogen-bond acceptors (Lipinski definition) is 3. The summed E-state index contributed by atoms with van der Waals surface area (Å²) in [6.07, 6.45) is 2.94. The zero-order valence-corrected chi connectivity index (χ0v) is 10.5. The Morgan fingerprint density at radius 2 is 1.71 bits per heavy atom. The Morgan fingerprint density at radius 3 is 2.24 bits per heavy atom. The van der Waals surface area contributed by atoms with E-state index in [4.69, 9.17) is 15.2 Å². The van der Waals surface area contributed by atoms with Crippen molar-refractivity contribution in [1.82, 2.24) is 0 Å². The van der Waals surface area contributed by atoms with Gasteiger partial charge in [-0.15, -0.1) is 0 Å². The lowest BCUT2D eigenvalue weighted by molar-refractivity contribution is 0.394. The van der Waals surface area contributed by atoms with E-state index in [0.717, 1.165) is 42.9 Å². The molecule has 0 saturated heterocycles. The molecule has 0 aliphatic carbocycles. The van der Waals surface area contributed by atoms with Crippen LogP contribution < -0.4 is 15.2 Å². The summed E-state index contributed by atoms with van der Waals surface area (Å²) in [5, 5.41) is 0. The van der Waals surface area contributed by atoms with Crippen LogP contribution in [-0.2, 0) is 0 Å². The van der Waals surface area contributed by atoms with Gasteiger partial charge < -0.3 is 15.2 Å². The van der Waals surface area contributed by atoms with Gasteiger partial charge in [-0.05, 0) is 31.5 Å². The zero-order valence-electron chi connectivity index (χ0n) is 10.5. The number of unbranched alkanes of at least 4 members (excludes halogenated alkanes) is 2. The smallest absolute Gasteiger partial charge is 0.123 e. The SMILES string of the molecule is COc1cc(C#CCCCCN)cc(OC)c1. The molecular formula is C14H19NO2. The van der Waals surface area contributed by atoms with E-state index in [0.29, 0.717) is 0 Å². The van der Waals surface area contributed by atoms with E-state index in [9.17, 15) is 0 Å². The second-order valence-electron chi connectivity index (χ2n) is 3.65. The van der Waals surface area contributed by atoms with Crippen molar-refractivity contribution in [1.29, 1.82) is 0 Å². The largest absolute Gasteiger partial charge is 0.497 e. The summed E-state index contributed by atoms with van der Waals surface area (Å²) in [6.45, 7) is 0.731. The molecule has 3 heteroatoms. The van der Waals surface area contributed by atoms with Gasteiger partial charge in [0.25, 0.3) is 0 Å². The molecule has 1 rings (SSSR count). The van der Waals surface area contributed by atoms with Crippen molar-refractivity contribution in [2.24, 2.45) is 5.73 Å². The summed E-state index contributed by atoms with van der Waals surface area (Å²) in [5.41, 5.74) is 6.33. The minimum atomic E-state index is 0.731. The quantitative estimate of drug-likeness (QED) is 0.626. The number of methoxy groups -OCH3 is 2. The summed E-state index contributed by atoms with van der Waals surface area (Å²) in [6, 6.07) is 5.64. The van der Waals surface area contributed by atoms with Gasteiger partial charge in [-0.25, -0.2) is 0 Å². The van der Waals surface area contributed by atoms with Crippen LogP contribution in [-0.4, -0.2) is 20.8 Å². The van der Waals surface area contributed by atoms with Crippen LogP contribution in [0.4, 0.5) is 0 Å². The number of ether oxygens (including phenoxy) is 2. The van der Waals surface area contributed by atoms with Gasteiger partial charge in [-0.3, -0.25) is 0 Å². The van der Waals surface area contributed by atoms with E-state index in [2.05, 4.69) is 11.8 Å². The maximum absolute atomic E-state index is 5.42. The molecule has 92 valence electrons. The fraction of sp³-hybridized carbons (Fsp3) is 0.429. The zero-order chi connectivity index (χ0) is 12.5. The summed E-state index contributed by atoms with van der Waals surface area (Å²) >= 11 is 0. The van der Waals surface area contributed by atoms with Gasteiger partial charge >= 0.3 is 0 Å². The molecule has 0 aliphatic rings. The Balaban J connectivity index is 2.69. The van der Waals surface area contributed by atoms with Crippen LogP contribution in [0.1, 0.15) is 24.8 Å². The molecule has 2 N–H and O–H groups in total. The van der Waals surface area contributed by atoms with Gasteiger partial charge in [0.05, 0.1) is 14.2 Å². The predicted octanol–water partition coefficient (Wildman–Crippen LogP) is 2.18. The second kappa shape index (κ2) is 7.59. The lowest BCUT2D eigenvalue weighted by atomic mass is 10.2. The molecule has 0 heterocycles. The Morgan fingerprint density at radius 1 is 1.06 bits per heavy atom. The first-order valence-corrected chi connectivity index (χ1v) is 5.72. The first-order chi connectivity index (χ1) is 8.30. The lowest BCUT2D eigenvalue weighted by Crippen LogP contribution is -1.96. The van der Waals surface area contributed by atoms with Gasteiger partial charge in [-0.1, -0.05) is 11.8 Å². The van der Waals surface area contributed by atoms with Crippen molar-refractivity contribution in [3.05, 3.63) is 23.8 Å². The first-order valence-electron chi connectivity index (χ1n) is 5.72. The Hall–Kier alpha value is -1.66. The van der Waals surface area contributed by atoms with Gasteiger partial charge in [0.2, 0.25) is 0 Å². The molecule has 0 atom stereocenters. The highest BCUT2D eigenvalue weighted by Gasteiger charge is 1.98. The molecule has 0 saturated carbocycles. The van der Waals surface area contributed by atoms with Crippen LogP contribution >= 0.6 is 0 Å². The molecule has 0 fully saturated rings. The highest BCUT2D eigenvalue weighted by molar-refractivity contribution is 5.46. The first kappa shape index (κ1) is 13.4. The third-order valence-corrected chi connectivity index (χ3v) is 2.34. The Kier molecular flexibility index (Phi) is 5.98. The number of benzene rings is 1. The number of hydrogen-bond donors (Lipinski definition) is 1. The standard InChI is InChI=1S/C14H19NO2/c1-16-13-9-12(10-14(11-13)17-2)7-5-3-4-6-8-15/h9-11H,3-4,6,8,15H2,1-2H3. The van der Waals surface area contributed by atoms with E-state index in [1.807, 2.05) is 18.2 Å². The maximum atomic E-state index is 5.42. The third-order valence-electron chi connectivity index (χ3n) is 2.34. The van der Waals surface area contributed by atoms with Crippen molar-refractivity contribution >= 4 is 0 Å². The number of rotatable bonds is 5. The van der Waals surface area contributed by atoms with Crippen LogP contribution in [0.25, 0.3) is 0 Å². The van der Waals surface area contributed by atoms with Gasteiger partial charge in [-0.2, -0.15) is 0 Å². The molecule has 0 unspecified atom stereocenters. The Labute approximate surface area is 103 Å². The van der Waals surface area contributed by atoms with Crippen LogP contribution in [0.2, 0.25) is 0 Å².